The molecule has 0 fully saturated rings. The number of aromatic nitrogens is 3. The summed E-state index contributed by atoms with van der Waals surface area (Å²) in [5.74, 6) is 0.961. The van der Waals surface area contributed by atoms with Crippen LogP contribution >= 0.6 is 11.6 Å². The molecule has 0 spiro atoms. The van der Waals surface area contributed by atoms with Crippen LogP contribution < -0.4 is 15.8 Å². The first-order valence-electron chi connectivity index (χ1n) is 14.2. The number of hydrogen-bond acceptors (Lipinski definition) is 5. The fourth-order valence-corrected chi connectivity index (χ4v) is 5.34. The van der Waals surface area contributed by atoms with E-state index in [1.165, 1.54) is 16.9 Å². The normalized spacial score (nSPS) is 12.2. The highest BCUT2D eigenvalue weighted by molar-refractivity contribution is 6.30. The lowest BCUT2D eigenvalue weighted by molar-refractivity contribution is 0.103. The van der Waals surface area contributed by atoms with Gasteiger partial charge in [-0.3, -0.25) is 4.79 Å². The number of rotatable bonds is 12. The Balaban J connectivity index is 1.35. The zero-order valence-corrected chi connectivity index (χ0v) is 24.7. The predicted octanol–water partition coefficient (Wildman–Crippen LogP) is 8.02. The Morgan fingerprint density at radius 1 is 1.10 bits per heavy atom. The predicted molar refractivity (Wildman–Crippen MR) is 167 cm³/mol. The van der Waals surface area contributed by atoms with Gasteiger partial charge in [-0.2, -0.15) is 5.10 Å². The van der Waals surface area contributed by atoms with E-state index in [-0.39, 0.29) is 28.9 Å². The van der Waals surface area contributed by atoms with Crippen molar-refractivity contribution < 1.29 is 13.9 Å². The van der Waals surface area contributed by atoms with E-state index in [0.717, 1.165) is 25.8 Å². The number of hydrogen-bond donors (Lipinski definition) is 3. The third kappa shape index (κ3) is 6.50. The van der Waals surface area contributed by atoms with E-state index in [2.05, 4.69) is 36.2 Å². The van der Waals surface area contributed by atoms with E-state index >= 15 is 4.39 Å². The molecule has 2 heterocycles. The topological polar surface area (TPSA) is 98.0 Å². The maximum Gasteiger partial charge on any atom is 0.214 e. The van der Waals surface area contributed by atoms with Crippen molar-refractivity contribution >= 4 is 34.1 Å². The Morgan fingerprint density at radius 2 is 1.88 bits per heavy atom. The molecule has 3 aromatic carbocycles. The van der Waals surface area contributed by atoms with Gasteiger partial charge in [-0.25, -0.2) is 9.07 Å². The summed E-state index contributed by atoms with van der Waals surface area (Å²) < 4.78 is 22.6. The highest BCUT2D eigenvalue weighted by Gasteiger charge is 2.22. The summed E-state index contributed by atoms with van der Waals surface area (Å²) >= 11 is 6.04. The van der Waals surface area contributed by atoms with Gasteiger partial charge in [-0.1, -0.05) is 44.9 Å². The Hall–Kier alpha value is -4.14. The number of aromatic amines is 1. The van der Waals surface area contributed by atoms with Crippen LogP contribution in [0.15, 0.2) is 72.9 Å². The molecule has 0 radical (unpaired) electrons. The van der Waals surface area contributed by atoms with E-state index in [9.17, 15) is 4.79 Å². The third-order valence-electron chi connectivity index (χ3n) is 7.27. The first-order chi connectivity index (χ1) is 20.2. The molecule has 42 heavy (non-hydrogen) atoms. The number of ketones is 1. The van der Waals surface area contributed by atoms with Crippen molar-refractivity contribution in [2.75, 3.05) is 12.3 Å². The molecule has 4 N–H and O–H groups in total. The number of nitrogens with two attached hydrogens (primary N) is 1. The minimum absolute atomic E-state index is 0.0873. The molecule has 7 nitrogen and oxygen atoms in total. The molecule has 0 amide bonds. The summed E-state index contributed by atoms with van der Waals surface area (Å²) in [6.07, 6.45) is 4.13. The molecule has 0 bridgehead atoms. The molecule has 1 unspecified atom stereocenters. The molecule has 0 saturated heterocycles. The van der Waals surface area contributed by atoms with Crippen LogP contribution in [0, 0.1) is 5.82 Å². The quantitative estimate of drug-likeness (QED) is 0.128. The van der Waals surface area contributed by atoms with Gasteiger partial charge in [-0.15, -0.1) is 0 Å². The Bertz CT molecular complexity index is 1690. The van der Waals surface area contributed by atoms with Crippen LogP contribution in [0.5, 0.6) is 11.5 Å². The molecule has 0 aliphatic rings. The Kier molecular flexibility index (Phi) is 8.94. The Morgan fingerprint density at radius 3 is 2.60 bits per heavy atom. The van der Waals surface area contributed by atoms with Crippen LogP contribution in [0.25, 0.3) is 16.6 Å². The minimum atomic E-state index is -0.316. The lowest BCUT2D eigenvalue weighted by Crippen LogP contribution is -2.25. The number of H-pyrrole nitrogens is 1. The van der Waals surface area contributed by atoms with Gasteiger partial charge in [0.05, 0.1) is 23.1 Å². The molecular formula is C33H35ClFN5O2. The average molecular weight is 588 g/mol. The van der Waals surface area contributed by atoms with Crippen LogP contribution in [0.2, 0.25) is 5.02 Å². The maximum atomic E-state index is 15.3. The number of benzene rings is 3. The van der Waals surface area contributed by atoms with Crippen molar-refractivity contribution in [3.63, 3.8) is 0 Å². The summed E-state index contributed by atoms with van der Waals surface area (Å²) in [6.45, 7) is 7.13. The molecule has 2 aromatic heterocycles. The molecule has 0 aliphatic heterocycles. The second-order valence-electron chi connectivity index (χ2n) is 10.8. The highest BCUT2D eigenvalue weighted by Crippen LogP contribution is 2.32. The van der Waals surface area contributed by atoms with Crippen molar-refractivity contribution in [1.29, 1.82) is 0 Å². The molecule has 5 rings (SSSR count). The van der Waals surface area contributed by atoms with Gasteiger partial charge in [0.25, 0.3) is 0 Å². The number of nitrogens with zero attached hydrogens (tertiary/aromatic N) is 2. The number of anilines is 1. The van der Waals surface area contributed by atoms with Crippen molar-refractivity contribution in [2.45, 2.75) is 52.0 Å². The molecule has 9 heteroatoms. The zero-order chi connectivity index (χ0) is 29.8. The zero-order valence-electron chi connectivity index (χ0n) is 24.0. The fraction of sp³-hybridized carbons (Fsp3) is 0.273. The average Bonchev–Trinajstić information content (AvgIpc) is 3.55. The van der Waals surface area contributed by atoms with Gasteiger partial charge in [0.2, 0.25) is 5.78 Å². The molecule has 218 valence electrons. The standard InChI is InChI=1S/C33H35ClFN5O2/c1-4-6-21(13-14-37-20(2)3)27-18-30-22(15-29(27)35)16-31(39-30)32(41)28-19-38-40(33(28)36)24-9-11-25(12-10-24)42-26-8-5-7-23(34)17-26/h5,7-12,15-21,37,39H,4,6,13-14,36H2,1-3H3. The largest absolute Gasteiger partial charge is 0.457 e. The highest BCUT2D eigenvalue weighted by atomic mass is 35.5. The van der Waals surface area contributed by atoms with Crippen LogP contribution in [0.4, 0.5) is 10.2 Å². The second-order valence-corrected chi connectivity index (χ2v) is 11.2. The second kappa shape index (κ2) is 12.8. The van der Waals surface area contributed by atoms with Gasteiger partial charge >= 0.3 is 0 Å². The van der Waals surface area contributed by atoms with Crippen LogP contribution in [0.1, 0.15) is 67.6 Å². The van der Waals surface area contributed by atoms with Crippen molar-refractivity contribution in [3.8, 4) is 17.2 Å². The Labute approximate surface area is 249 Å². The van der Waals surface area contributed by atoms with Gasteiger partial charge < -0.3 is 20.8 Å². The van der Waals surface area contributed by atoms with Gasteiger partial charge in [0, 0.05) is 22.0 Å². The lowest BCUT2D eigenvalue weighted by Gasteiger charge is -2.19. The smallest absolute Gasteiger partial charge is 0.214 e. The number of carbonyl (C=O) groups is 1. The lowest BCUT2D eigenvalue weighted by atomic mass is 9.90. The molecular weight excluding hydrogens is 553 g/mol. The molecule has 5 aromatic rings. The number of nitrogen functional groups attached to an aromatic ring is 1. The van der Waals surface area contributed by atoms with E-state index < -0.39 is 0 Å². The fourth-order valence-electron chi connectivity index (χ4n) is 5.16. The number of halogens is 2. The summed E-state index contributed by atoms with van der Waals surface area (Å²) in [4.78, 5) is 16.7. The summed E-state index contributed by atoms with van der Waals surface area (Å²) in [5, 5.41) is 9.00. The summed E-state index contributed by atoms with van der Waals surface area (Å²) in [5.41, 5.74) is 9.03. The minimum Gasteiger partial charge on any atom is -0.457 e. The molecule has 0 aliphatic carbocycles. The number of nitrogens with one attached hydrogen (secondary N) is 2. The van der Waals surface area contributed by atoms with E-state index in [0.29, 0.717) is 50.4 Å². The molecule has 1 atom stereocenters. The van der Waals surface area contributed by atoms with Crippen molar-refractivity contribution in [2.24, 2.45) is 0 Å². The first-order valence-corrected chi connectivity index (χ1v) is 14.6. The van der Waals surface area contributed by atoms with Gasteiger partial charge in [0.1, 0.15) is 23.1 Å². The SMILES string of the molecule is CCCC(CCNC(C)C)c1cc2[nH]c(C(=O)c3cnn(-c4ccc(Oc5cccc(Cl)c5)cc4)c3N)cc2cc1F. The van der Waals surface area contributed by atoms with E-state index in [1.807, 2.05) is 18.2 Å². The summed E-state index contributed by atoms with van der Waals surface area (Å²) in [6, 6.07) is 19.7. The monoisotopic (exact) mass is 587 g/mol. The van der Waals surface area contributed by atoms with Crippen molar-refractivity contribution in [1.82, 2.24) is 20.1 Å². The number of fused-ring (bicyclic) bond motifs is 1. The number of ether oxygens (including phenoxy) is 1. The van der Waals surface area contributed by atoms with Gasteiger partial charge in [-0.05, 0) is 91.5 Å². The third-order valence-corrected chi connectivity index (χ3v) is 7.50. The van der Waals surface area contributed by atoms with Crippen molar-refractivity contribution in [3.05, 3.63) is 101 Å². The van der Waals surface area contributed by atoms with Crippen LogP contribution in [-0.4, -0.2) is 33.1 Å². The van der Waals surface area contributed by atoms with E-state index in [4.69, 9.17) is 22.1 Å². The first kappa shape index (κ1) is 29.4. The van der Waals surface area contributed by atoms with Crippen LogP contribution in [-0.2, 0) is 0 Å². The summed E-state index contributed by atoms with van der Waals surface area (Å²) in [7, 11) is 0. The number of carbonyl (C=O) groups excluding carboxylic acids is 1. The van der Waals surface area contributed by atoms with E-state index in [1.54, 1.807) is 42.5 Å². The molecule has 0 saturated carbocycles. The maximum absolute atomic E-state index is 15.3. The van der Waals surface area contributed by atoms with Crippen LogP contribution in [0.3, 0.4) is 0 Å². The van der Waals surface area contributed by atoms with Gasteiger partial charge in [0.15, 0.2) is 0 Å².